The predicted molar refractivity (Wildman–Crippen MR) is 83.5 cm³/mol. The molecule has 3 heteroatoms. The van der Waals surface area contributed by atoms with Crippen LogP contribution in [0.2, 0.25) is 0 Å². The third-order valence-electron chi connectivity index (χ3n) is 3.75. The van der Waals surface area contributed by atoms with Crippen LogP contribution in [0.1, 0.15) is 28.4 Å². The molecule has 1 aromatic heterocycles. The molecule has 0 saturated carbocycles. The van der Waals surface area contributed by atoms with E-state index in [1.807, 2.05) is 68.6 Å². The maximum absolute atomic E-state index is 10.7. The summed E-state index contributed by atoms with van der Waals surface area (Å²) < 4.78 is 1.78. The molecule has 1 N–H and O–H groups in total. The Morgan fingerprint density at radius 1 is 0.952 bits per heavy atom. The topological polar surface area (TPSA) is 38.1 Å². The summed E-state index contributed by atoms with van der Waals surface area (Å²) in [7, 11) is 0. The van der Waals surface area contributed by atoms with Crippen molar-refractivity contribution < 1.29 is 5.11 Å². The molecule has 3 nitrogen and oxygen atoms in total. The maximum atomic E-state index is 10.7. The fourth-order valence-electron chi connectivity index (χ4n) is 2.63. The molecule has 0 radical (unpaired) electrons. The summed E-state index contributed by atoms with van der Waals surface area (Å²) in [6.07, 6.45) is 2.96. The molecule has 0 amide bonds. The zero-order valence-corrected chi connectivity index (χ0v) is 12.2. The van der Waals surface area contributed by atoms with Gasteiger partial charge in [0.2, 0.25) is 0 Å². The highest BCUT2D eigenvalue weighted by molar-refractivity contribution is 5.40. The molecule has 0 spiro atoms. The Bertz CT molecular complexity index is 727. The van der Waals surface area contributed by atoms with Crippen molar-refractivity contribution in [2.45, 2.75) is 20.0 Å². The van der Waals surface area contributed by atoms with E-state index in [0.29, 0.717) is 0 Å². The van der Waals surface area contributed by atoms with E-state index in [1.54, 1.807) is 10.9 Å². The van der Waals surface area contributed by atoms with Crippen molar-refractivity contribution in [3.05, 3.63) is 83.2 Å². The van der Waals surface area contributed by atoms with Crippen LogP contribution in [0.5, 0.6) is 0 Å². The normalized spacial score (nSPS) is 12.3. The summed E-state index contributed by atoms with van der Waals surface area (Å²) in [4.78, 5) is 0. The van der Waals surface area contributed by atoms with Crippen molar-refractivity contribution in [3.63, 3.8) is 0 Å². The van der Waals surface area contributed by atoms with E-state index in [1.165, 1.54) is 0 Å². The zero-order valence-electron chi connectivity index (χ0n) is 12.2. The predicted octanol–water partition coefficient (Wildman–Crippen LogP) is 3.57. The average molecular weight is 278 g/mol. The van der Waals surface area contributed by atoms with Crippen molar-refractivity contribution >= 4 is 0 Å². The molecule has 0 bridgehead atoms. The zero-order chi connectivity index (χ0) is 14.8. The number of rotatable bonds is 3. The van der Waals surface area contributed by atoms with Gasteiger partial charge in [0, 0.05) is 11.8 Å². The van der Waals surface area contributed by atoms with Crippen LogP contribution in [0.25, 0.3) is 5.69 Å². The number of aryl methyl sites for hydroxylation is 2. The van der Waals surface area contributed by atoms with E-state index in [9.17, 15) is 5.11 Å². The number of nitrogens with zero attached hydrogens (tertiary/aromatic N) is 2. The number of aliphatic hydroxyl groups is 1. The number of aliphatic hydroxyl groups excluding tert-OH is 1. The van der Waals surface area contributed by atoms with Gasteiger partial charge in [-0.05, 0) is 42.7 Å². The Hall–Kier alpha value is -2.39. The fourth-order valence-corrected chi connectivity index (χ4v) is 2.63. The molecule has 0 aliphatic carbocycles. The lowest BCUT2D eigenvalue weighted by Crippen LogP contribution is -2.03. The highest BCUT2D eigenvalue weighted by Gasteiger charge is 2.17. The van der Waals surface area contributed by atoms with Gasteiger partial charge in [0.05, 0.1) is 11.9 Å². The van der Waals surface area contributed by atoms with Crippen LogP contribution in [0.4, 0.5) is 0 Å². The highest BCUT2D eigenvalue weighted by Crippen LogP contribution is 2.27. The number of para-hydroxylation sites is 1. The molecule has 0 aliphatic heterocycles. The average Bonchev–Trinajstić information content (AvgIpc) is 2.97. The fraction of sp³-hybridized carbons (Fsp3) is 0.167. The molecule has 2 aromatic carbocycles. The molecule has 1 atom stereocenters. The smallest absolute Gasteiger partial charge is 0.108 e. The van der Waals surface area contributed by atoms with Crippen LogP contribution in [-0.2, 0) is 0 Å². The first-order valence-electron chi connectivity index (χ1n) is 7.01. The minimum absolute atomic E-state index is 0.649. The van der Waals surface area contributed by atoms with Crippen LogP contribution in [-0.4, -0.2) is 14.9 Å². The number of hydrogen-bond acceptors (Lipinski definition) is 2. The first kappa shape index (κ1) is 13.6. The summed E-state index contributed by atoms with van der Waals surface area (Å²) in [5, 5.41) is 15.0. The van der Waals surface area contributed by atoms with Crippen LogP contribution < -0.4 is 0 Å². The highest BCUT2D eigenvalue weighted by atomic mass is 16.3. The van der Waals surface area contributed by atoms with Crippen molar-refractivity contribution in [2.24, 2.45) is 0 Å². The summed E-state index contributed by atoms with van der Waals surface area (Å²) in [5.41, 5.74) is 4.93. The van der Waals surface area contributed by atoms with Crippen LogP contribution in [0.15, 0.2) is 60.9 Å². The third-order valence-corrected chi connectivity index (χ3v) is 3.75. The third kappa shape index (κ3) is 2.60. The van der Waals surface area contributed by atoms with Gasteiger partial charge in [-0.2, -0.15) is 5.10 Å². The molecule has 0 saturated heterocycles. The van der Waals surface area contributed by atoms with Gasteiger partial charge in [0.1, 0.15) is 6.10 Å². The minimum atomic E-state index is -0.649. The van der Waals surface area contributed by atoms with Crippen molar-refractivity contribution in [1.82, 2.24) is 9.78 Å². The number of benzene rings is 2. The molecule has 1 heterocycles. The van der Waals surface area contributed by atoms with E-state index in [0.717, 1.165) is 27.9 Å². The summed E-state index contributed by atoms with van der Waals surface area (Å²) in [6, 6.07) is 15.9. The first-order chi connectivity index (χ1) is 10.2. The van der Waals surface area contributed by atoms with Gasteiger partial charge in [-0.3, -0.25) is 0 Å². The molecular formula is C18H18N2O. The summed E-state index contributed by atoms with van der Waals surface area (Å²) in [5.74, 6) is 0. The van der Waals surface area contributed by atoms with Crippen molar-refractivity contribution in [1.29, 1.82) is 0 Å². The first-order valence-corrected chi connectivity index (χ1v) is 7.01. The van der Waals surface area contributed by atoms with Gasteiger partial charge in [-0.25, -0.2) is 4.68 Å². The lowest BCUT2D eigenvalue weighted by molar-refractivity contribution is 0.219. The van der Waals surface area contributed by atoms with Gasteiger partial charge in [-0.15, -0.1) is 0 Å². The van der Waals surface area contributed by atoms with E-state index in [4.69, 9.17) is 0 Å². The van der Waals surface area contributed by atoms with Crippen molar-refractivity contribution in [2.75, 3.05) is 0 Å². The van der Waals surface area contributed by atoms with E-state index < -0.39 is 6.10 Å². The standard InChI is InChI=1S/C18H18N2O/c1-13-7-6-8-14(2)17(13)18(21)15-11-19-20(12-15)16-9-4-3-5-10-16/h3-12,18,21H,1-2H3. The molecule has 3 rings (SSSR count). The number of aromatic nitrogens is 2. The second kappa shape index (κ2) is 5.54. The Morgan fingerprint density at radius 2 is 1.62 bits per heavy atom. The quantitative estimate of drug-likeness (QED) is 0.795. The van der Waals surface area contributed by atoms with Gasteiger partial charge in [-0.1, -0.05) is 36.4 Å². The Kier molecular flexibility index (Phi) is 3.59. The van der Waals surface area contributed by atoms with Gasteiger partial charge in [0.15, 0.2) is 0 Å². The molecule has 0 aliphatic rings. The molecule has 0 fully saturated rings. The minimum Gasteiger partial charge on any atom is -0.384 e. The SMILES string of the molecule is Cc1cccc(C)c1C(O)c1cnn(-c2ccccc2)c1. The van der Waals surface area contributed by atoms with Gasteiger partial charge < -0.3 is 5.11 Å². The molecule has 21 heavy (non-hydrogen) atoms. The van der Waals surface area contributed by atoms with E-state index >= 15 is 0 Å². The second-order valence-electron chi connectivity index (χ2n) is 5.26. The lowest BCUT2D eigenvalue weighted by atomic mass is 9.95. The van der Waals surface area contributed by atoms with E-state index in [-0.39, 0.29) is 0 Å². The Labute approximate surface area is 124 Å². The molecule has 1 unspecified atom stereocenters. The number of hydrogen-bond donors (Lipinski definition) is 1. The van der Waals surface area contributed by atoms with Crippen LogP contribution in [0.3, 0.4) is 0 Å². The van der Waals surface area contributed by atoms with Gasteiger partial charge >= 0.3 is 0 Å². The largest absolute Gasteiger partial charge is 0.384 e. The summed E-state index contributed by atoms with van der Waals surface area (Å²) in [6.45, 7) is 4.04. The van der Waals surface area contributed by atoms with Crippen LogP contribution in [0, 0.1) is 13.8 Å². The van der Waals surface area contributed by atoms with Crippen molar-refractivity contribution in [3.8, 4) is 5.69 Å². The lowest BCUT2D eigenvalue weighted by Gasteiger charge is -2.15. The molecular weight excluding hydrogens is 260 g/mol. The molecule has 106 valence electrons. The van der Waals surface area contributed by atoms with Gasteiger partial charge in [0.25, 0.3) is 0 Å². The van der Waals surface area contributed by atoms with Crippen LogP contribution >= 0.6 is 0 Å². The van der Waals surface area contributed by atoms with E-state index in [2.05, 4.69) is 5.10 Å². The summed E-state index contributed by atoms with van der Waals surface area (Å²) >= 11 is 0. The second-order valence-corrected chi connectivity index (χ2v) is 5.26. The monoisotopic (exact) mass is 278 g/mol. The Morgan fingerprint density at radius 3 is 2.29 bits per heavy atom. The Balaban J connectivity index is 1.97. The molecule has 3 aromatic rings. The maximum Gasteiger partial charge on any atom is 0.108 e.